The molecule has 0 fully saturated rings. The molecule has 0 aromatic heterocycles. The highest BCUT2D eigenvalue weighted by Gasteiger charge is 2.18. The second-order valence-corrected chi connectivity index (χ2v) is 12.6. The van der Waals surface area contributed by atoms with Crippen molar-refractivity contribution in [2.45, 2.75) is 87.5 Å². The zero-order valence-corrected chi connectivity index (χ0v) is 27.1. The number of esters is 1. The monoisotopic (exact) mass is 583 g/mol. The largest absolute Gasteiger partial charge is 0.493 e. The normalized spacial score (nSPS) is 12.0. The van der Waals surface area contributed by atoms with Crippen molar-refractivity contribution >= 4 is 11.7 Å². The van der Waals surface area contributed by atoms with Gasteiger partial charge in [0.15, 0.2) is 11.5 Å². The third-order valence-electron chi connectivity index (χ3n) is 6.80. The Hall–Kier alpha value is -3.22. The summed E-state index contributed by atoms with van der Waals surface area (Å²) >= 11 is 0. The Kier molecular flexibility index (Phi) is 15.3. The third kappa shape index (κ3) is 12.7. The Morgan fingerprint density at radius 3 is 1.62 bits per heavy atom. The standard InChI is InChI=1S/C35H53NO6/c1-24(2)13-17-39-31-11-9-28(21-30(31)23-34(37)42-20-16-27(7)8)35(36-38)29-10-12-32(40-18-14-25(3)4)33(22-29)41-19-15-26(5)6/h9-12,21-22,24-27,38H,13-20,23H2,1-8H3/b36-35+. The molecule has 0 aliphatic rings. The molecular weight excluding hydrogens is 530 g/mol. The topological polar surface area (TPSA) is 86.6 Å². The van der Waals surface area contributed by atoms with Crippen molar-refractivity contribution in [2.75, 3.05) is 26.4 Å². The minimum atomic E-state index is -0.312. The van der Waals surface area contributed by atoms with Crippen LogP contribution in [0.1, 0.15) is 97.8 Å². The van der Waals surface area contributed by atoms with E-state index in [0.29, 0.717) is 89.7 Å². The van der Waals surface area contributed by atoms with Crippen molar-refractivity contribution in [2.24, 2.45) is 28.8 Å². The fourth-order valence-electron chi connectivity index (χ4n) is 4.00. The molecule has 2 aromatic carbocycles. The SMILES string of the molecule is CC(C)CCOC(=O)Cc1cc(/C(=N\O)c2ccc(OCCC(C)C)c(OCCC(C)C)c2)ccc1OCCC(C)C. The molecule has 0 amide bonds. The molecule has 0 radical (unpaired) electrons. The first kappa shape index (κ1) is 35.0. The van der Waals surface area contributed by atoms with Crippen LogP contribution in [0, 0.1) is 23.7 Å². The van der Waals surface area contributed by atoms with Crippen LogP contribution in [0.15, 0.2) is 41.6 Å². The van der Waals surface area contributed by atoms with Crippen molar-refractivity contribution in [3.8, 4) is 17.2 Å². The Morgan fingerprint density at radius 1 is 0.643 bits per heavy atom. The molecule has 0 heterocycles. The van der Waals surface area contributed by atoms with Crippen LogP contribution >= 0.6 is 0 Å². The first-order valence-corrected chi connectivity index (χ1v) is 15.5. The van der Waals surface area contributed by atoms with Crippen LogP contribution < -0.4 is 14.2 Å². The number of hydrogen-bond donors (Lipinski definition) is 1. The van der Waals surface area contributed by atoms with Gasteiger partial charge in [-0.15, -0.1) is 0 Å². The molecule has 1 N–H and O–H groups in total. The van der Waals surface area contributed by atoms with Crippen molar-refractivity contribution in [1.82, 2.24) is 0 Å². The average Bonchev–Trinajstić information content (AvgIpc) is 2.90. The maximum absolute atomic E-state index is 12.7. The molecule has 7 nitrogen and oxygen atoms in total. The first-order chi connectivity index (χ1) is 20.0. The van der Waals surface area contributed by atoms with Gasteiger partial charge < -0.3 is 24.2 Å². The zero-order valence-electron chi connectivity index (χ0n) is 27.1. The second-order valence-electron chi connectivity index (χ2n) is 12.6. The van der Waals surface area contributed by atoms with Gasteiger partial charge in [-0.3, -0.25) is 4.79 Å². The van der Waals surface area contributed by atoms with Gasteiger partial charge in [0.05, 0.1) is 32.8 Å². The number of carbonyl (C=O) groups excluding carboxylic acids is 1. The molecule has 0 aliphatic carbocycles. The van der Waals surface area contributed by atoms with Gasteiger partial charge >= 0.3 is 5.97 Å². The van der Waals surface area contributed by atoms with Crippen LogP contribution in [0.2, 0.25) is 0 Å². The summed E-state index contributed by atoms with van der Waals surface area (Å²) in [6.07, 6.45) is 3.61. The highest BCUT2D eigenvalue weighted by Crippen LogP contribution is 2.31. The average molecular weight is 584 g/mol. The molecule has 7 heteroatoms. The van der Waals surface area contributed by atoms with E-state index in [0.717, 1.165) is 25.7 Å². The van der Waals surface area contributed by atoms with E-state index in [9.17, 15) is 10.0 Å². The number of rotatable bonds is 19. The molecule has 42 heavy (non-hydrogen) atoms. The lowest BCUT2D eigenvalue weighted by Crippen LogP contribution is -2.13. The van der Waals surface area contributed by atoms with E-state index in [-0.39, 0.29) is 12.4 Å². The van der Waals surface area contributed by atoms with E-state index in [1.54, 1.807) is 0 Å². The summed E-state index contributed by atoms with van der Waals surface area (Å²) in [5.41, 5.74) is 2.38. The minimum Gasteiger partial charge on any atom is -0.493 e. The van der Waals surface area contributed by atoms with Gasteiger partial charge in [0.25, 0.3) is 0 Å². The second kappa shape index (κ2) is 18.3. The zero-order chi connectivity index (χ0) is 31.1. The number of benzene rings is 2. The predicted molar refractivity (Wildman–Crippen MR) is 169 cm³/mol. The summed E-state index contributed by atoms with van der Waals surface area (Å²) in [7, 11) is 0. The summed E-state index contributed by atoms with van der Waals surface area (Å²) in [6.45, 7) is 19.2. The lowest BCUT2D eigenvalue weighted by molar-refractivity contribution is -0.143. The van der Waals surface area contributed by atoms with Gasteiger partial charge in [-0.1, -0.05) is 60.5 Å². The molecule has 0 unspecified atom stereocenters. The van der Waals surface area contributed by atoms with Crippen LogP contribution in [0.3, 0.4) is 0 Å². The van der Waals surface area contributed by atoms with Crippen LogP contribution in [-0.4, -0.2) is 43.3 Å². The summed E-state index contributed by atoms with van der Waals surface area (Å²) in [4.78, 5) is 12.7. The molecular formula is C35H53NO6. The van der Waals surface area contributed by atoms with Crippen LogP contribution in [0.5, 0.6) is 17.2 Å². The van der Waals surface area contributed by atoms with Gasteiger partial charge in [0.1, 0.15) is 11.5 Å². The smallest absolute Gasteiger partial charge is 0.310 e. The minimum absolute atomic E-state index is 0.0633. The van der Waals surface area contributed by atoms with Crippen molar-refractivity contribution < 1.29 is 28.9 Å². The molecule has 0 atom stereocenters. The summed E-state index contributed by atoms with van der Waals surface area (Å²) in [5.74, 6) is 3.57. The number of hydrogen-bond acceptors (Lipinski definition) is 7. The van der Waals surface area contributed by atoms with E-state index in [2.05, 4.69) is 60.5 Å². The van der Waals surface area contributed by atoms with Gasteiger partial charge in [-0.2, -0.15) is 0 Å². The third-order valence-corrected chi connectivity index (χ3v) is 6.80. The fraction of sp³-hybridized carbons (Fsp3) is 0.600. The highest BCUT2D eigenvalue weighted by molar-refractivity contribution is 6.13. The number of carbonyl (C=O) groups is 1. The Balaban J connectivity index is 2.37. The van der Waals surface area contributed by atoms with Crippen LogP contribution in [-0.2, 0) is 16.0 Å². The number of ether oxygens (including phenoxy) is 4. The van der Waals surface area contributed by atoms with E-state index in [4.69, 9.17) is 18.9 Å². The van der Waals surface area contributed by atoms with Gasteiger partial charge in [-0.05, 0) is 85.8 Å². The maximum atomic E-state index is 12.7. The first-order valence-electron chi connectivity index (χ1n) is 15.5. The lowest BCUT2D eigenvalue weighted by Gasteiger charge is -2.17. The maximum Gasteiger partial charge on any atom is 0.310 e. The van der Waals surface area contributed by atoms with Gasteiger partial charge in [0, 0.05) is 16.7 Å². The molecule has 2 rings (SSSR count). The van der Waals surface area contributed by atoms with Crippen molar-refractivity contribution in [3.63, 3.8) is 0 Å². The van der Waals surface area contributed by atoms with E-state index >= 15 is 0 Å². The van der Waals surface area contributed by atoms with E-state index in [1.165, 1.54) is 0 Å². The summed E-state index contributed by atoms with van der Waals surface area (Å²) in [5, 5.41) is 13.8. The van der Waals surface area contributed by atoms with E-state index < -0.39 is 0 Å². The Morgan fingerprint density at radius 2 is 1.10 bits per heavy atom. The molecule has 234 valence electrons. The lowest BCUT2D eigenvalue weighted by atomic mass is 9.98. The fourth-order valence-corrected chi connectivity index (χ4v) is 4.00. The Labute approximate surface area is 253 Å². The summed E-state index contributed by atoms with van der Waals surface area (Å²) in [6, 6.07) is 11.1. The molecule has 0 bridgehead atoms. The van der Waals surface area contributed by atoms with Gasteiger partial charge in [-0.25, -0.2) is 0 Å². The predicted octanol–water partition coefficient (Wildman–Crippen LogP) is 8.32. The summed E-state index contributed by atoms with van der Waals surface area (Å²) < 4.78 is 23.8. The molecule has 2 aromatic rings. The van der Waals surface area contributed by atoms with Crippen LogP contribution in [0.4, 0.5) is 0 Å². The van der Waals surface area contributed by atoms with Crippen molar-refractivity contribution in [1.29, 1.82) is 0 Å². The van der Waals surface area contributed by atoms with Crippen LogP contribution in [0.25, 0.3) is 0 Å². The number of nitrogens with zero attached hydrogens (tertiary/aromatic N) is 1. The molecule has 0 spiro atoms. The molecule has 0 aliphatic heterocycles. The van der Waals surface area contributed by atoms with Gasteiger partial charge in [0.2, 0.25) is 0 Å². The molecule has 0 saturated carbocycles. The highest BCUT2D eigenvalue weighted by atomic mass is 16.5. The van der Waals surface area contributed by atoms with Crippen molar-refractivity contribution in [3.05, 3.63) is 53.1 Å². The quantitative estimate of drug-likeness (QED) is 0.0774. The van der Waals surface area contributed by atoms with E-state index in [1.807, 2.05) is 36.4 Å². The molecule has 0 saturated heterocycles. The number of oxime groups is 1. The Bertz CT molecular complexity index is 1120.